The van der Waals surface area contributed by atoms with Gasteiger partial charge in [0.25, 0.3) is 0 Å². The Hall–Kier alpha value is -1.72. The molecule has 10 heteroatoms. The molecule has 1 aromatic carbocycles. The first-order chi connectivity index (χ1) is 12.7. The van der Waals surface area contributed by atoms with Gasteiger partial charge < -0.3 is 5.11 Å². The zero-order valence-corrected chi connectivity index (χ0v) is 16.1. The Balaban J connectivity index is 1.70. The number of rotatable bonds is 6. The van der Waals surface area contributed by atoms with Gasteiger partial charge in [0.15, 0.2) is 0 Å². The molecule has 0 radical (unpaired) electrons. The van der Waals surface area contributed by atoms with Crippen molar-refractivity contribution in [2.45, 2.75) is 17.2 Å². The molecule has 144 valence electrons. The smallest absolute Gasteiger partial charge is 0.386 e. The van der Waals surface area contributed by atoms with Crippen molar-refractivity contribution in [1.29, 1.82) is 0 Å². The largest absolute Gasteiger partial charge is 0.416 e. The molecule has 0 aliphatic rings. The Kier molecular flexibility index (Phi) is 5.73. The van der Waals surface area contributed by atoms with Crippen molar-refractivity contribution in [2.24, 2.45) is 0 Å². The lowest BCUT2D eigenvalue weighted by Crippen LogP contribution is -2.28. The summed E-state index contributed by atoms with van der Waals surface area (Å²) in [5, 5.41) is 14.1. The second-order valence-electron chi connectivity index (χ2n) is 5.61. The van der Waals surface area contributed by atoms with Gasteiger partial charge in [-0.1, -0.05) is 6.07 Å². The van der Waals surface area contributed by atoms with E-state index in [9.17, 15) is 26.7 Å². The summed E-state index contributed by atoms with van der Waals surface area (Å²) in [4.78, 5) is 0.989. The van der Waals surface area contributed by atoms with Crippen molar-refractivity contribution in [3.8, 4) is 10.4 Å². The zero-order chi connectivity index (χ0) is 19.7. The van der Waals surface area contributed by atoms with Gasteiger partial charge in [-0.2, -0.15) is 24.5 Å². The average Bonchev–Trinajstić information content (AvgIpc) is 3.30. The lowest BCUT2D eigenvalue weighted by molar-refractivity contribution is -0.137. The molecule has 0 amide bonds. The molecule has 2 N–H and O–H groups in total. The van der Waals surface area contributed by atoms with Crippen LogP contribution >= 0.6 is 22.7 Å². The molecule has 2 heterocycles. The third-order valence-corrected chi connectivity index (χ3v) is 7.04. The van der Waals surface area contributed by atoms with Gasteiger partial charge in [0.1, 0.15) is 6.10 Å². The van der Waals surface area contributed by atoms with Gasteiger partial charge in [-0.3, -0.25) is 0 Å². The van der Waals surface area contributed by atoms with Gasteiger partial charge in [0, 0.05) is 21.9 Å². The Bertz CT molecular complexity index is 1010. The molecule has 0 spiro atoms. The van der Waals surface area contributed by atoms with Gasteiger partial charge in [-0.15, -0.1) is 11.3 Å². The van der Waals surface area contributed by atoms with E-state index in [1.807, 2.05) is 22.9 Å². The maximum Gasteiger partial charge on any atom is 0.416 e. The highest BCUT2D eigenvalue weighted by Crippen LogP contribution is 2.33. The van der Waals surface area contributed by atoms with Crippen LogP contribution in [0.5, 0.6) is 0 Å². The third-order valence-electron chi connectivity index (χ3n) is 3.70. The molecule has 1 unspecified atom stereocenters. The summed E-state index contributed by atoms with van der Waals surface area (Å²) >= 11 is 2.86. The van der Waals surface area contributed by atoms with E-state index in [4.69, 9.17) is 0 Å². The standard InChI is InChI=1S/C17H14F3NO3S3/c18-17(19,20)12-2-1-3-13(8-12)27(23,24)21-9-14(22)16-5-4-15(26-16)11-6-7-25-10-11/h1-8,10,14,21-22H,9H2. The molecule has 27 heavy (non-hydrogen) atoms. The predicted octanol–water partition coefficient (Wildman–Crippen LogP) is 4.51. The van der Waals surface area contributed by atoms with Crippen molar-refractivity contribution in [3.05, 3.63) is 63.7 Å². The molecule has 2 aromatic heterocycles. The van der Waals surface area contributed by atoms with Gasteiger partial charge in [0.2, 0.25) is 10.0 Å². The molecule has 0 aliphatic carbocycles. The molecule has 0 bridgehead atoms. The first-order valence-electron chi connectivity index (χ1n) is 7.64. The minimum absolute atomic E-state index is 0.345. The van der Waals surface area contributed by atoms with Crippen LogP contribution < -0.4 is 4.72 Å². The van der Waals surface area contributed by atoms with Crippen LogP contribution in [0.2, 0.25) is 0 Å². The van der Waals surface area contributed by atoms with E-state index in [1.54, 1.807) is 6.07 Å². The third kappa shape index (κ3) is 4.77. The number of alkyl halides is 3. The maximum atomic E-state index is 12.8. The topological polar surface area (TPSA) is 66.4 Å². The number of halogens is 3. The van der Waals surface area contributed by atoms with Gasteiger partial charge >= 0.3 is 6.18 Å². The van der Waals surface area contributed by atoms with E-state index in [0.717, 1.165) is 28.6 Å². The molecule has 4 nitrogen and oxygen atoms in total. The quantitative estimate of drug-likeness (QED) is 0.601. The number of aliphatic hydroxyl groups is 1. The lowest BCUT2D eigenvalue weighted by atomic mass is 10.2. The number of benzene rings is 1. The zero-order valence-electron chi connectivity index (χ0n) is 13.6. The Morgan fingerprint density at radius 2 is 1.93 bits per heavy atom. The van der Waals surface area contributed by atoms with Crippen LogP contribution in [0.1, 0.15) is 16.5 Å². The van der Waals surface area contributed by atoms with Crippen LogP contribution in [0.25, 0.3) is 10.4 Å². The summed E-state index contributed by atoms with van der Waals surface area (Å²) < 4.78 is 64.9. The second kappa shape index (κ2) is 7.72. The minimum atomic E-state index is -4.64. The van der Waals surface area contributed by atoms with E-state index in [0.29, 0.717) is 10.9 Å². The molecule has 3 aromatic rings. The minimum Gasteiger partial charge on any atom is -0.386 e. The highest BCUT2D eigenvalue weighted by atomic mass is 32.2. The van der Waals surface area contributed by atoms with Crippen molar-refractivity contribution >= 4 is 32.7 Å². The van der Waals surface area contributed by atoms with Crippen LogP contribution in [0, 0.1) is 0 Å². The van der Waals surface area contributed by atoms with E-state index < -0.39 is 32.8 Å². The number of hydrogen-bond donors (Lipinski definition) is 2. The SMILES string of the molecule is O=S(=O)(NCC(O)c1ccc(-c2ccsc2)s1)c1cccc(C(F)(F)F)c1. The Labute approximate surface area is 162 Å². The number of sulfonamides is 1. The summed E-state index contributed by atoms with van der Waals surface area (Å²) in [6, 6.07) is 8.92. The summed E-state index contributed by atoms with van der Waals surface area (Å²) in [6.07, 6.45) is -5.75. The van der Waals surface area contributed by atoms with Crippen molar-refractivity contribution < 1.29 is 26.7 Å². The predicted molar refractivity (Wildman–Crippen MR) is 99.2 cm³/mol. The molecular weight excluding hydrogens is 419 g/mol. The van der Waals surface area contributed by atoms with Crippen LogP contribution in [0.3, 0.4) is 0 Å². The maximum absolute atomic E-state index is 12.8. The van der Waals surface area contributed by atoms with Crippen molar-refractivity contribution in [1.82, 2.24) is 4.72 Å². The number of nitrogens with one attached hydrogen (secondary N) is 1. The molecule has 0 fully saturated rings. The highest BCUT2D eigenvalue weighted by Gasteiger charge is 2.31. The van der Waals surface area contributed by atoms with E-state index in [1.165, 1.54) is 22.7 Å². The highest BCUT2D eigenvalue weighted by molar-refractivity contribution is 7.89. The van der Waals surface area contributed by atoms with Crippen LogP contribution in [0.15, 0.2) is 58.1 Å². The monoisotopic (exact) mass is 433 g/mol. The fraction of sp³-hybridized carbons (Fsp3) is 0.176. The second-order valence-corrected chi connectivity index (χ2v) is 9.27. The van der Waals surface area contributed by atoms with Gasteiger partial charge in [-0.05, 0) is 47.2 Å². The number of aliphatic hydroxyl groups excluding tert-OH is 1. The molecule has 0 saturated heterocycles. The van der Waals surface area contributed by atoms with E-state index >= 15 is 0 Å². The lowest BCUT2D eigenvalue weighted by Gasteiger charge is -2.12. The molecule has 0 saturated carbocycles. The average molecular weight is 433 g/mol. The van der Waals surface area contributed by atoms with E-state index in [2.05, 4.69) is 4.72 Å². The van der Waals surface area contributed by atoms with Gasteiger partial charge in [-0.25, -0.2) is 13.1 Å². The van der Waals surface area contributed by atoms with Crippen LogP contribution in [0.4, 0.5) is 13.2 Å². The fourth-order valence-corrected chi connectivity index (χ4v) is 5.11. The number of hydrogen-bond acceptors (Lipinski definition) is 5. The first kappa shape index (κ1) is 20.0. The molecule has 3 rings (SSSR count). The normalized spacial score (nSPS) is 13.6. The fourth-order valence-electron chi connectivity index (χ4n) is 2.30. The Morgan fingerprint density at radius 1 is 1.15 bits per heavy atom. The molecule has 1 atom stereocenters. The van der Waals surface area contributed by atoms with Crippen LogP contribution in [-0.4, -0.2) is 20.1 Å². The van der Waals surface area contributed by atoms with Crippen molar-refractivity contribution in [2.75, 3.05) is 6.54 Å². The Morgan fingerprint density at radius 3 is 2.59 bits per heavy atom. The van der Waals surface area contributed by atoms with E-state index in [-0.39, 0.29) is 6.54 Å². The molecular formula is C17H14F3NO3S3. The van der Waals surface area contributed by atoms with Crippen molar-refractivity contribution in [3.63, 3.8) is 0 Å². The first-order valence-corrected chi connectivity index (χ1v) is 10.9. The summed E-state index contributed by atoms with van der Waals surface area (Å²) in [5.74, 6) is 0. The summed E-state index contributed by atoms with van der Waals surface area (Å²) in [6.45, 7) is -0.345. The summed E-state index contributed by atoms with van der Waals surface area (Å²) in [5.41, 5.74) is -0.0439. The molecule has 0 aliphatic heterocycles. The van der Waals surface area contributed by atoms with Crippen LogP contribution in [-0.2, 0) is 16.2 Å². The summed E-state index contributed by atoms with van der Waals surface area (Å²) in [7, 11) is -4.19. The number of thiophene rings is 2. The van der Waals surface area contributed by atoms with Gasteiger partial charge in [0.05, 0.1) is 10.5 Å².